The van der Waals surface area contributed by atoms with Gasteiger partial charge in [0.1, 0.15) is 6.54 Å². The third-order valence-electron chi connectivity index (χ3n) is 2.61. The number of carbonyl (C=O) groups is 3. The first-order chi connectivity index (χ1) is 10.6. The Morgan fingerprint density at radius 2 is 1.65 bits per heavy atom. The van der Waals surface area contributed by atoms with Crippen LogP contribution in [0, 0.1) is 5.41 Å². The zero-order valence-electron chi connectivity index (χ0n) is 12.9. The number of hydrogen-bond acceptors (Lipinski definition) is 5. The maximum absolute atomic E-state index is 11.9. The lowest BCUT2D eigenvalue weighted by Crippen LogP contribution is -2.32. The standard InChI is InChI=1S/C15H17Cl2NO5/c1-15(2,3)14(21)23-8-22-11(19)7-18-13(20)12-9(16)5-4-6-10(12)17/h4-6H,7-8H2,1-3H3,(H,18,20). The van der Waals surface area contributed by atoms with Gasteiger partial charge in [0.25, 0.3) is 5.91 Å². The second kappa shape index (κ2) is 8.17. The highest BCUT2D eigenvalue weighted by atomic mass is 35.5. The Balaban J connectivity index is 2.42. The molecule has 0 unspecified atom stereocenters. The molecule has 126 valence electrons. The van der Waals surface area contributed by atoms with Crippen LogP contribution in [0.2, 0.25) is 10.0 Å². The molecule has 0 aliphatic carbocycles. The Hall–Kier alpha value is -1.79. The van der Waals surface area contributed by atoms with E-state index in [9.17, 15) is 14.4 Å². The van der Waals surface area contributed by atoms with Crippen molar-refractivity contribution in [2.24, 2.45) is 5.41 Å². The van der Waals surface area contributed by atoms with Crippen LogP contribution in [0.15, 0.2) is 18.2 Å². The molecule has 0 aliphatic rings. The number of carbonyl (C=O) groups excluding carboxylic acids is 3. The first-order valence-corrected chi connectivity index (χ1v) is 7.43. The minimum Gasteiger partial charge on any atom is -0.427 e. The summed E-state index contributed by atoms with van der Waals surface area (Å²) in [5.41, 5.74) is -0.621. The van der Waals surface area contributed by atoms with Gasteiger partial charge in [0.15, 0.2) is 0 Å². The van der Waals surface area contributed by atoms with E-state index in [0.29, 0.717) is 0 Å². The summed E-state index contributed by atoms with van der Waals surface area (Å²) in [6, 6.07) is 4.61. The number of halogens is 2. The zero-order valence-corrected chi connectivity index (χ0v) is 14.5. The van der Waals surface area contributed by atoms with Crippen molar-refractivity contribution in [2.75, 3.05) is 13.3 Å². The van der Waals surface area contributed by atoms with Gasteiger partial charge in [0.2, 0.25) is 6.79 Å². The van der Waals surface area contributed by atoms with Crippen LogP contribution in [0.5, 0.6) is 0 Å². The van der Waals surface area contributed by atoms with E-state index in [1.165, 1.54) is 12.1 Å². The van der Waals surface area contributed by atoms with Crippen molar-refractivity contribution in [3.63, 3.8) is 0 Å². The largest absolute Gasteiger partial charge is 0.427 e. The topological polar surface area (TPSA) is 81.7 Å². The highest BCUT2D eigenvalue weighted by molar-refractivity contribution is 6.39. The molecule has 0 spiro atoms. The smallest absolute Gasteiger partial charge is 0.328 e. The molecule has 0 bridgehead atoms. The lowest BCUT2D eigenvalue weighted by molar-refractivity contribution is -0.172. The van der Waals surface area contributed by atoms with E-state index in [1.54, 1.807) is 26.8 Å². The second-order valence-corrected chi connectivity index (χ2v) is 6.41. The van der Waals surface area contributed by atoms with Crippen molar-refractivity contribution in [3.05, 3.63) is 33.8 Å². The highest BCUT2D eigenvalue weighted by Gasteiger charge is 2.23. The van der Waals surface area contributed by atoms with Crippen molar-refractivity contribution in [1.82, 2.24) is 5.32 Å². The van der Waals surface area contributed by atoms with Crippen LogP contribution in [-0.2, 0) is 19.1 Å². The number of benzene rings is 1. The summed E-state index contributed by atoms with van der Waals surface area (Å²) in [5, 5.41) is 2.66. The van der Waals surface area contributed by atoms with Gasteiger partial charge >= 0.3 is 11.9 Å². The molecule has 0 radical (unpaired) electrons. The van der Waals surface area contributed by atoms with Gasteiger partial charge in [-0.2, -0.15) is 0 Å². The molecule has 1 amide bonds. The third-order valence-corrected chi connectivity index (χ3v) is 3.24. The molecule has 23 heavy (non-hydrogen) atoms. The van der Waals surface area contributed by atoms with Crippen molar-refractivity contribution in [1.29, 1.82) is 0 Å². The van der Waals surface area contributed by atoms with E-state index < -0.39 is 36.6 Å². The summed E-state index contributed by atoms with van der Waals surface area (Å²) in [6.07, 6.45) is 0. The summed E-state index contributed by atoms with van der Waals surface area (Å²) in [4.78, 5) is 34.9. The van der Waals surface area contributed by atoms with E-state index in [1.807, 2.05) is 0 Å². The van der Waals surface area contributed by atoms with Crippen LogP contribution in [0.25, 0.3) is 0 Å². The SMILES string of the molecule is CC(C)(C)C(=O)OCOC(=O)CNC(=O)c1c(Cl)cccc1Cl. The number of nitrogens with one attached hydrogen (secondary N) is 1. The molecule has 0 fully saturated rings. The Labute approximate surface area is 144 Å². The quantitative estimate of drug-likeness (QED) is 0.644. The predicted octanol–water partition coefficient (Wildman–Crippen LogP) is 2.81. The number of ether oxygens (including phenoxy) is 2. The fraction of sp³-hybridized carbons (Fsp3) is 0.400. The Morgan fingerprint density at radius 3 is 2.17 bits per heavy atom. The molecule has 0 atom stereocenters. The lowest BCUT2D eigenvalue weighted by atomic mass is 9.98. The average molecular weight is 362 g/mol. The van der Waals surface area contributed by atoms with Crippen molar-refractivity contribution < 1.29 is 23.9 Å². The number of rotatable bonds is 5. The molecule has 1 N–H and O–H groups in total. The normalized spacial score (nSPS) is 10.8. The maximum Gasteiger partial charge on any atom is 0.328 e. The zero-order chi connectivity index (χ0) is 17.6. The third kappa shape index (κ3) is 6.08. The summed E-state index contributed by atoms with van der Waals surface area (Å²) >= 11 is 11.8. The highest BCUT2D eigenvalue weighted by Crippen LogP contribution is 2.23. The fourth-order valence-electron chi connectivity index (χ4n) is 1.37. The van der Waals surface area contributed by atoms with E-state index in [0.717, 1.165) is 0 Å². The molecule has 0 aromatic heterocycles. The van der Waals surface area contributed by atoms with Gasteiger partial charge in [-0.25, -0.2) is 0 Å². The first kappa shape index (κ1) is 19.3. The minimum absolute atomic E-state index is 0.0720. The Morgan fingerprint density at radius 1 is 1.09 bits per heavy atom. The molecule has 0 aliphatic heterocycles. The summed E-state index contributed by atoms with van der Waals surface area (Å²) in [7, 11) is 0. The first-order valence-electron chi connectivity index (χ1n) is 6.68. The monoisotopic (exact) mass is 361 g/mol. The molecule has 8 heteroatoms. The van der Waals surface area contributed by atoms with Crippen LogP contribution in [-0.4, -0.2) is 31.2 Å². The Bertz CT molecular complexity index is 590. The Kier molecular flexibility index (Phi) is 6.84. The van der Waals surface area contributed by atoms with Crippen molar-refractivity contribution >= 4 is 41.0 Å². The molecule has 6 nitrogen and oxygen atoms in total. The number of hydrogen-bond donors (Lipinski definition) is 1. The lowest BCUT2D eigenvalue weighted by Gasteiger charge is -2.16. The number of amides is 1. The van der Waals surface area contributed by atoms with E-state index in [4.69, 9.17) is 32.7 Å². The van der Waals surface area contributed by atoms with Gasteiger partial charge in [-0.15, -0.1) is 0 Å². The molecule has 1 rings (SSSR count). The molecule has 1 aromatic rings. The van der Waals surface area contributed by atoms with Crippen LogP contribution in [0.4, 0.5) is 0 Å². The van der Waals surface area contributed by atoms with Gasteiger partial charge in [0, 0.05) is 0 Å². The molecular formula is C15H17Cl2NO5. The van der Waals surface area contributed by atoms with Gasteiger partial charge in [0.05, 0.1) is 21.0 Å². The van der Waals surface area contributed by atoms with Gasteiger partial charge in [-0.05, 0) is 32.9 Å². The maximum atomic E-state index is 11.9. The summed E-state index contributed by atoms with van der Waals surface area (Å²) < 4.78 is 9.46. The van der Waals surface area contributed by atoms with Crippen LogP contribution < -0.4 is 5.32 Å². The van der Waals surface area contributed by atoms with Gasteiger partial charge in [-0.3, -0.25) is 14.4 Å². The second-order valence-electron chi connectivity index (χ2n) is 5.60. The minimum atomic E-state index is -0.761. The molecular weight excluding hydrogens is 345 g/mol. The van der Waals surface area contributed by atoms with E-state index in [2.05, 4.69) is 5.32 Å². The number of esters is 2. The average Bonchev–Trinajstić information content (AvgIpc) is 2.43. The van der Waals surface area contributed by atoms with Gasteiger partial charge in [-0.1, -0.05) is 29.3 Å². The molecule has 1 aromatic carbocycles. The van der Waals surface area contributed by atoms with Gasteiger partial charge < -0.3 is 14.8 Å². The van der Waals surface area contributed by atoms with Crippen LogP contribution >= 0.6 is 23.2 Å². The molecule has 0 saturated carbocycles. The fourth-order valence-corrected chi connectivity index (χ4v) is 1.94. The van der Waals surface area contributed by atoms with Crippen LogP contribution in [0.3, 0.4) is 0 Å². The summed E-state index contributed by atoms with van der Waals surface area (Å²) in [6.45, 7) is 4.09. The van der Waals surface area contributed by atoms with E-state index in [-0.39, 0.29) is 15.6 Å². The molecule has 0 saturated heterocycles. The van der Waals surface area contributed by atoms with E-state index >= 15 is 0 Å². The summed E-state index contributed by atoms with van der Waals surface area (Å²) in [5.74, 6) is -1.87. The predicted molar refractivity (Wildman–Crippen MR) is 85.3 cm³/mol. The molecule has 0 heterocycles. The van der Waals surface area contributed by atoms with Crippen molar-refractivity contribution in [2.45, 2.75) is 20.8 Å². The van der Waals surface area contributed by atoms with Crippen molar-refractivity contribution in [3.8, 4) is 0 Å². The van der Waals surface area contributed by atoms with Crippen LogP contribution in [0.1, 0.15) is 31.1 Å².